The molecular formula is C12H9Cl2N3O. The van der Waals surface area contributed by atoms with Gasteiger partial charge in [0.2, 0.25) is 0 Å². The zero-order valence-electron chi connectivity index (χ0n) is 9.45. The van der Waals surface area contributed by atoms with Gasteiger partial charge >= 0.3 is 0 Å². The van der Waals surface area contributed by atoms with Crippen LogP contribution in [0.1, 0.15) is 16.1 Å². The molecule has 0 unspecified atom stereocenters. The molecule has 0 aliphatic rings. The van der Waals surface area contributed by atoms with Gasteiger partial charge in [-0.05, 0) is 30.7 Å². The number of nitrogens with one attached hydrogen (secondary N) is 1. The van der Waals surface area contributed by atoms with E-state index in [0.29, 0.717) is 15.9 Å². The molecule has 0 radical (unpaired) electrons. The number of amides is 1. The second-order valence-electron chi connectivity index (χ2n) is 3.65. The van der Waals surface area contributed by atoms with E-state index in [1.54, 1.807) is 12.1 Å². The van der Waals surface area contributed by atoms with Crippen LogP contribution >= 0.6 is 23.2 Å². The van der Waals surface area contributed by atoms with Crippen molar-refractivity contribution in [1.82, 2.24) is 9.97 Å². The Bertz CT molecular complexity index is 602. The van der Waals surface area contributed by atoms with Crippen LogP contribution in [0.4, 0.5) is 5.69 Å². The highest BCUT2D eigenvalue weighted by molar-refractivity contribution is 6.31. The largest absolute Gasteiger partial charge is 0.319 e. The zero-order chi connectivity index (χ0) is 13.1. The highest BCUT2D eigenvalue weighted by Crippen LogP contribution is 2.17. The molecule has 92 valence electrons. The third kappa shape index (κ3) is 2.97. The summed E-state index contributed by atoms with van der Waals surface area (Å²) in [5.41, 5.74) is 1.59. The average molecular weight is 282 g/mol. The Labute approximate surface area is 114 Å². The van der Waals surface area contributed by atoms with Crippen molar-refractivity contribution >= 4 is 34.8 Å². The summed E-state index contributed by atoms with van der Waals surface area (Å²) >= 11 is 11.6. The van der Waals surface area contributed by atoms with Gasteiger partial charge in [0.15, 0.2) is 0 Å². The summed E-state index contributed by atoms with van der Waals surface area (Å²) in [5.74, 6) is -0.346. The quantitative estimate of drug-likeness (QED) is 0.859. The first-order valence-electron chi connectivity index (χ1n) is 5.11. The summed E-state index contributed by atoms with van der Waals surface area (Å²) in [5, 5.41) is 3.54. The van der Waals surface area contributed by atoms with Crippen molar-refractivity contribution in [3.8, 4) is 0 Å². The molecule has 2 aromatic heterocycles. The second-order valence-corrected chi connectivity index (χ2v) is 4.44. The third-order valence-corrected chi connectivity index (χ3v) is 2.86. The van der Waals surface area contributed by atoms with Crippen LogP contribution in [0.3, 0.4) is 0 Å². The smallest absolute Gasteiger partial charge is 0.274 e. The first kappa shape index (κ1) is 12.8. The topological polar surface area (TPSA) is 54.9 Å². The maximum atomic E-state index is 11.9. The van der Waals surface area contributed by atoms with Crippen LogP contribution in [-0.2, 0) is 0 Å². The number of aryl methyl sites for hydroxylation is 1. The lowest BCUT2D eigenvalue weighted by Crippen LogP contribution is -2.13. The molecule has 4 nitrogen and oxygen atoms in total. The van der Waals surface area contributed by atoms with Crippen LogP contribution in [0.15, 0.2) is 30.6 Å². The van der Waals surface area contributed by atoms with Crippen LogP contribution in [0, 0.1) is 6.92 Å². The Morgan fingerprint density at radius 3 is 2.72 bits per heavy atom. The van der Waals surface area contributed by atoms with Crippen LogP contribution in [-0.4, -0.2) is 15.9 Å². The fraction of sp³-hybridized carbons (Fsp3) is 0.0833. The van der Waals surface area contributed by atoms with Crippen LogP contribution < -0.4 is 5.32 Å². The van der Waals surface area contributed by atoms with Crippen molar-refractivity contribution < 1.29 is 4.79 Å². The summed E-state index contributed by atoms with van der Waals surface area (Å²) in [6.07, 6.45) is 2.96. The molecule has 0 saturated carbocycles. The third-order valence-electron chi connectivity index (χ3n) is 2.23. The summed E-state index contributed by atoms with van der Waals surface area (Å²) < 4.78 is 0. The molecule has 1 amide bonds. The van der Waals surface area contributed by atoms with E-state index in [4.69, 9.17) is 23.2 Å². The van der Waals surface area contributed by atoms with Gasteiger partial charge in [-0.15, -0.1) is 0 Å². The van der Waals surface area contributed by atoms with E-state index in [0.717, 1.165) is 5.56 Å². The first-order valence-corrected chi connectivity index (χ1v) is 5.87. The number of anilines is 1. The Hall–Kier alpha value is -1.65. The van der Waals surface area contributed by atoms with Gasteiger partial charge in [0, 0.05) is 11.2 Å². The minimum Gasteiger partial charge on any atom is -0.319 e. The van der Waals surface area contributed by atoms with Crippen LogP contribution in [0.5, 0.6) is 0 Å². The van der Waals surface area contributed by atoms with Gasteiger partial charge in [-0.2, -0.15) is 0 Å². The lowest BCUT2D eigenvalue weighted by atomic mass is 10.3. The summed E-state index contributed by atoms with van der Waals surface area (Å²) in [4.78, 5) is 19.7. The normalized spacial score (nSPS) is 10.2. The summed E-state index contributed by atoms with van der Waals surface area (Å²) in [6.45, 7) is 1.81. The van der Waals surface area contributed by atoms with E-state index in [1.807, 2.05) is 6.92 Å². The molecule has 0 atom stereocenters. The fourth-order valence-electron chi connectivity index (χ4n) is 1.35. The SMILES string of the molecule is Cc1cc(NC(=O)c2cc(Cl)ccn2)cnc1Cl. The molecule has 2 heterocycles. The first-order chi connectivity index (χ1) is 8.56. The number of aromatic nitrogens is 2. The van der Waals surface area contributed by atoms with Crippen molar-refractivity contribution in [3.63, 3.8) is 0 Å². The predicted molar refractivity (Wildman–Crippen MR) is 71.2 cm³/mol. The highest BCUT2D eigenvalue weighted by Gasteiger charge is 2.09. The van der Waals surface area contributed by atoms with E-state index in [9.17, 15) is 4.79 Å². The Morgan fingerprint density at radius 2 is 2.06 bits per heavy atom. The Balaban J connectivity index is 2.18. The van der Waals surface area contributed by atoms with Gasteiger partial charge in [-0.3, -0.25) is 9.78 Å². The minimum absolute atomic E-state index is 0.245. The minimum atomic E-state index is -0.346. The molecule has 1 N–H and O–H groups in total. The lowest BCUT2D eigenvalue weighted by Gasteiger charge is -2.06. The maximum absolute atomic E-state index is 11.9. The van der Waals surface area contributed by atoms with Crippen molar-refractivity contribution in [3.05, 3.63) is 52.0 Å². The molecular weight excluding hydrogens is 273 g/mol. The molecule has 2 rings (SSSR count). The molecule has 0 aliphatic carbocycles. The van der Waals surface area contributed by atoms with E-state index in [2.05, 4.69) is 15.3 Å². The van der Waals surface area contributed by atoms with Crippen molar-refractivity contribution in [2.24, 2.45) is 0 Å². The van der Waals surface area contributed by atoms with Crippen LogP contribution in [0.2, 0.25) is 10.2 Å². The molecule has 0 saturated heterocycles. The number of hydrogen-bond donors (Lipinski definition) is 1. The van der Waals surface area contributed by atoms with E-state index in [1.165, 1.54) is 18.5 Å². The Morgan fingerprint density at radius 1 is 1.28 bits per heavy atom. The Kier molecular flexibility index (Phi) is 3.79. The van der Waals surface area contributed by atoms with Gasteiger partial charge in [0.05, 0.1) is 11.9 Å². The lowest BCUT2D eigenvalue weighted by molar-refractivity contribution is 0.102. The van der Waals surface area contributed by atoms with E-state index in [-0.39, 0.29) is 11.6 Å². The summed E-state index contributed by atoms with van der Waals surface area (Å²) in [6, 6.07) is 4.83. The number of nitrogens with zero attached hydrogens (tertiary/aromatic N) is 2. The molecule has 0 aliphatic heterocycles. The van der Waals surface area contributed by atoms with E-state index < -0.39 is 0 Å². The number of rotatable bonds is 2. The standard InChI is InChI=1S/C12H9Cl2N3O/c1-7-4-9(6-16-11(7)14)17-12(18)10-5-8(13)2-3-15-10/h2-6H,1H3,(H,17,18). The van der Waals surface area contributed by atoms with Gasteiger partial charge in [0.1, 0.15) is 10.8 Å². The highest BCUT2D eigenvalue weighted by atomic mass is 35.5. The molecule has 0 aromatic carbocycles. The molecule has 0 bridgehead atoms. The molecule has 6 heteroatoms. The molecule has 0 fully saturated rings. The molecule has 2 aromatic rings. The van der Waals surface area contributed by atoms with Gasteiger partial charge in [0.25, 0.3) is 5.91 Å². The van der Waals surface area contributed by atoms with Crippen molar-refractivity contribution in [1.29, 1.82) is 0 Å². The average Bonchev–Trinajstić information content (AvgIpc) is 2.34. The maximum Gasteiger partial charge on any atom is 0.274 e. The number of carbonyl (C=O) groups excluding carboxylic acids is 1. The number of hydrogen-bond acceptors (Lipinski definition) is 3. The predicted octanol–water partition coefficient (Wildman–Crippen LogP) is 3.34. The number of pyridine rings is 2. The monoisotopic (exact) mass is 281 g/mol. The summed E-state index contributed by atoms with van der Waals surface area (Å²) in [7, 11) is 0. The van der Waals surface area contributed by atoms with Crippen molar-refractivity contribution in [2.75, 3.05) is 5.32 Å². The zero-order valence-corrected chi connectivity index (χ0v) is 11.0. The van der Waals surface area contributed by atoms with Gasteiger partial charge < -0.3 is 5.32 Å². The van der Waals surface area contributed by atoms with Crippen LogP contribution in [0.25, 0.3) is 0 Å². The number of halogens is 2. The number of carbonyl (C=O) groups is 1. The molecule has 18 heavy (non-hydrogen) atoms. The van der Waals surface area contributed by atoms with Gasteiger partial charge in [-0.1, -0.05) is 23.2 Å². The van der Waals surface area contributed by atoms with E-state index >= 15 is 0 Å². The van der Waals surface area contributed by atoms with Crippen molar-refractivity contribution in [2.45, 2.75) is 6.92 Å². The van der Waals surface area contributed by atoms with Gasteiger partial charge in [-0.25, -0.2) is 4.98 Å². The fourth-order valence-corrected chi connectivity index (χ4v) is 1.61. The second kappa shape index (κ2) is 5.33. The molecule has 0 spiro atoms.